The molecule has 0 aliphatic carbocycles. The number of carbonyl (C=O) groups is 1. The number of esters is 1. The fraction of sp³-hybridized carbons (Fsp3) is 0.562. The molecule has 0 saturated heterocycles. The quantitative estimate of drug-likeness (QED) is 0.733. The van der Waals surface area contributed by atoms with Crippen molar-refractivity contribution in [2.45, 2.75) is 18.9 Å². The van der Waals surface area contributed by atoms with Gasteiger partial charge in [-0.1, -0.05) is 18.2 Å². The topological polar surface area (TPSA) is 50.8 Å². The second-order valence-corrected chi connectivity index (χ2v) is 5.54. The molecule has 118 valence electrons. The lowest BCUT2D eigenvalue weighted by Crippen LogP contribution is -2.53. The summed E-state index contributed by atoms with van der Waals surface area (Å²) < 4.78 is 10.3. The molecular formula is C16H26N2O3. The highest BCUT2D eigenvalue weighted by Crippen LogP contribution is 2.23. The average Bonchev–Trinajstić information content (AvgIpc) is 2.46. The van der Waals surface area contributed by atoms with Crippen molar-refractivity contribution >= 4 is 5.97 Å². The van der Waals surface area contributed by atoms with Gasteiger partial charge in [-0.25, -0.2) is 0 Å². The summed E-state index contributed by atoms with van der Waals surface area (Å²) in [6, 6.07) is 7.72. The highest BCUT2D eigenvalue weighted by Gasteiger charge is 2.34. The van der Waals surface area contributed by atoms with Gasteiger partial charge in [0.15, 0.2) is 0 Å². The molecule has 1 aromatic carbocycles. The summed E-state index contributed by atoms with van der Waals surface area (Å²) >= 11 is 0. The summed E-state index contributed by atoms with van der Waals surface area (Å²) in [6.07, 6.45) is 0.511. The van der Waals surface area contributed by atoms with Crippen LogP contribution in [0.4, 0.5) is 0 Å². The molecule has 0 aliphatic heterocycles. The van der Waals surface area contributed by atoms with Crippen molar-refractivity contribution in [2.24, 2.45) is 0 Å². The molecule has 0 fully saturated rings. The zero-order valence-electron chi connectivity index (χ0n) is 13.6. The third-order valence-corrected chi connectivity index (χ3v) is 3.45. The van der Waals surface area contributed by atoms with E-state index in [1.165, 1.54) is 7.11 Å². The van der Waals surface area contributed by atoms with Gasteiger partial charge in [0.05, 0.1) is 14.2 Å². The molecule has 21 heavy (non-hydrogen) atoms. The molecule has 5 heteroatoms. The number of hydrogen-bond donors (Lipinski definition) is 1. The van der Waals surface area contributed by atoms with E-state index >= 15 is 0 Å². The molecule has 1 rings (SSSR count). The Morgan fingerprint density at radius 1 is 1.29 bits per heavy atom. The molecule has 0 radical (unpaired) electrons. The Bertz CT molecular complexity index is 463. The Morgan fingerprint density at radius 2 is 1.95 bits per heavy atom. The van der Waals surface area contributed by atoms with Crippen molar-refractivity contribution in [3.05, 3.63) is 29.8 Å². The first-order valence-corrected chi connectivity index (χ1v) is 7.03. The molecule has 5 nitrogen and oxygen atoms in total. The van der Waals surface area contributed by atoms with Crippen molar-refractivity contribution in [1.82, 2.24) is 10.2 Å². The molecule has 0 bridgehead atoms. The van der Waals surface area contributed by atoms with Gasteiger partial charge in [0.2, 0.25) is 0 Å². The van der Waals surface area contributed by atoms with Gasteiger partial charge in [0, 0.05) is 19.5 Å². The first-order chi connectivity index (χ1) is 9.92. The van der Waals surface area contributed by atoms with Crippen molar-refractivity contribution in [3.63, 3.8) is 0 Å². The van der Waals surface area contributed by atoms with Gasteiger partial charge >= 0.3 is 5.97 Å². The van der Waals surface area contributed by atoms with E-state index in [2.05, 4.69) is 10.2 Å². The third-order valence-electron chi connectivity index (χ3n) is 3.45. The number of hydrogen-bond acceptors (Lipinski definition) is 5. The lowest BCUT2D eigenvalue weighted by molar-refractivity contribution is -0.147. The lowest BCUT2D eigenvalue weighted by atomic mass is 9.92. The highest BCUT2D eigenvalue weighted by molar-refractivity contribution is 5.80. The molecule has 0 amide bonds. The summed E-state index contributed by atoms with van der Waals surface area (Å²) in [5, 5.41) is 3.31. The van der Waals surface area contributed by atoms with Crippen LogP contribution in [0.25, 0.3) is 0 Å². The van der Waals surface area contributed by atoms with Crippen molar-refractivity contribution < 1.29 is 14.3 Å². The summed E-state index contributed by atoms with van der Waals surface area (Å²) in [6.45, 7) is 3.41. The summed E-state index contributed by atoms with van der Waals surface area (Å²) in [7, 11) is 7.04. The lowest BCUT2D eigenvalue weighted by Gasteiger charge is -2.29. The van der Waals surface area contributed by atoms with Crippen LogP contribution >= 0.6 is 0 Å². The first kappa shape index (κ1) is 17.5. The monoisotopic (exact) mass is 294 g/mol. The van der Waals surface area contributed by atoms with E-state index in [0.29, 0.717) is 13.0 Å². The van der Waals surface area contributed by atoms with Crippen LogP contribution in [0.5, 0.6) is 5.75 Å². The van der Waals surface area contributed by atoms with Gasteiger partial charge < -0.3 is 19.7 Å². The van der Waals surface area contributed by atoms with Crippen molar-refractivity contribution in [1.29, 1.82) is 0 Å². The maximum atomic E-state index is 12.2. The second kappa shape index (κ2) is 8.00. The fourth-order valence-electron chi connectivity index (χ4n) is 2.22. The van der Waals surface area contributed by atoms with Gasteiger partial charge in [-0.05, 0) is 32.6 Å². The zero-order chi connectivity index (χ0) is 15.9. The normalized spacial score (nSPS) is 13.8. The minimum atomic E-state index is -0.778. The van der Waals surface area contributed by atoms with Crippen LogP contribution in [0.2, 0.25) is 0 Å². The van der Waals surface area contributed by atoms with E-state index in [9.17, 15) is 4.79 Å². The number of carbonyl (C=O) groups excluding carboxylic acids is 1. The summed E-state index contributed by atoms with van der Waals surface area (Å²) in [4.78, 5) is 14.2. The van der Waals surface area contributed by atoms with Crippen molar-refractivity contribution in [3.8, 4) is 5.75 Å². The molecule has 1 atom stereocenters. The molecule has 1 unspecified atom stereocenters. The second-order valence-electron chi connectivity index (χ2n) is 5.54. The van der Waals surface area contributed by atoms with Crippen LogP contribution in [0, 0.1) is 0 Å². The zero-order valence-corrected chi connectivity index (χ0v) is 13.6. The van der Waals surface area contributed by atoms with Crippen LogP contribution in [-0.2, 0) is 16.0 Å². The van der Waals surface area contributed by atoms with Gasteiger partial charge in [0.25, 0.3) is 0 Å². The van der Waals surface area contributed by atoms with Crippen LogP contribution in [0.15, 0.2) is 24.3 Å². The first-order valence-electron chi connectivity index (χ1n) is 7.03. The number of benzene rings is 1. The van der Waals surface area contributed by atoms with Gasteiger partial charge in [-0.15, -0.1) is 0 Å². The molecule has 0 aromatic heterocycles. The largest absolute Gasteiger partial charge is 0.496 e. The Hall–Kier alpha value is -1.59. The Kier molecular flexibility index (Phi) is 6.65. The van der Waals surface area contributed by atoms with E-state index in [-0.39, 0.29) is 5.97 Å². The van der Waals surface area contributed by atoms with Crippen LogP contribution < -0.4 is 10.1 Å². The van der Waals surface area contributed by atoms with Crippen LogP contribution in [-0.4, -0.2) is 57.8 Å². The Labute approximate surface area is 127 Å². The number of para-hydroxylation sites is 1. The molecule has 0 heterocycles. The van der Waals surface area contributed by atoms with Crippen LogP contribution in [0.3, 0.4) is 0 Å². The average molecular weight is 294 g/mol. The maximum absolute atomic E-state index is 12.2. The van der Waals surface area contributed by atoms with E-state index in [0.717, 1.165) is 17.9 Å². The van der Waals surface area contributed by atoms with E-state index < -0.39 is 5.54 Å². The summed E-state index contributed by atoms with van der Waals surface area (Å²) in [5.74, 6) is 0.509. The minimum Gasteiger partial charge on any atom is -0.496 e. The van der Waals surface area contributed by atoms with Gasteiger partial charge in [0.1, 0.15) is 11.3 Å². The SMILES string of the molecule is COC(=O)C(C)(Cc1ccccc1OC)NCCN(C)C. The Morgan fingerprint density at radius 3 is 2.52 bits per heavy atom. The predicted molar refractivity (Wildman–Crippen MR) is 83.7 cm³/mol. The van der Waals surface area contributed by atoms with E-state index in [1.54, 1.807) is 7.11 Å². The van der Waals surface area contributed by atoms with Gasteiger partial charge in [-0.3, -0.25) is 4.79 Å². The molecule has 1 N–H and O–H groups in total. The van der Waals surface area contributed by atoms with Gasteiger partial charge in [-0.2, -0.15) is 0 Å². The minimum absolute atomic E-state index is 0.271. The molecule has 0 saturated carbocycles. The molecule has 1 aromatic rings. The smallest absolute Gasteiger partial charge is 0.326 e. The Balaban J connectivity index is 2.89. The van der Waals surface area contributed by atoms with E-state index in [1.807, 2.05) is 45.3 Å². The molecule has 0 spiro atoms. The number of likely N-dealkylation sites (N-methyl/N-ethyl adjacent to an activating group) is 1. The van der Waals surface area contributed by atoms with Crippen LogP contribution in [0.1, 0.15) is 12.5 Å². The number of methoxy groups -OCH3 is 2. The van der Waals surface area contributed by atoms with E-state index in [4.69, 9.17) is 9.47 Å². The summed E-state index contributed by atoms with van der Waals surface area (Å²) in [5.41, 5.74) is 0.199. The predicted octanol–water partition coefficient (Wildman–Crippen LogP) is 1.32. The third kappa shape index (κ3) is 5.02. The van der Waals surface area contributed by atoms with Crippen molar-refractivity contribution in [2.75, 3.05) is 41.4 Å². The number of nitrogens with zero attached hydrogens (tertiary/aromatic N) is 1. The fourth-order valence-corrected chi connectivity index (χ4v) is 2.22. The molecule has 0 aliphatic rings. The molecular weight excluding hydrogens is 268 g/mol. The number of nitrogens with one attached hydrogen (secondary N) is 1. The number of rotatable bonds is 8. The highest BCUT2D eigenvalue weighted by atomic mass is 16.5. The standard InChI is InChI=1S/C16H26N2O3/c1-16(15(19)21-5,17-10-11-18(2)3)12-13-8-6-7-9-14(13)20-4/h6-9,17H,10-12H2,1-5H3. The number of ether oxygens (including phenoxy) is 2. The maximum Gasteiger partial charge on any atom is 0.326 e.